The Morgan fingerprint density at radius 1 is 1.36 bits per heavy atom. The van der Waals surface area contributed by atoms with Gasteiger partial charge in [-0.25, -0.2) is 4.98 Å². The molecule has 4 nitrogen and oxygen atoms in total. The normalized spacial score (nSPS) is 25.7. The number of rotatable bonds is 2. The third kappa shape index (κ3) is 2.41. The van der Waals surface area contributed by atoms with Crippen LogP contribution in [0.5, 0.6) is 0 Å². The van der Waals surface area contributed by atoms with Crippen LogP contribution in [0.3, 0.4) is 0 Å². The van der Waals surface area contributed by atoms with Crippen LogP contribution in [0.1, 0.15) is 36.5 Å². The van der Waals surface area contributed by atoms with Crippen LogP contribution in [0.25, 0.3) is 10.2 Å². The van der Waals surface area contributed by atoms with Crippen molar-refractivity contribution in [3.05, 3.63) is 26.6 Å². The summed E-state index contributed by atoms with van der Waals surface area (Å²) in [7, 11) is 0. The Labute approximate surface area is 138 Å². The Morgan fingerprint density at radius 2 is 2.23 bits per heavy atom. The maximum Gasteiger partial charge on any atom is 0.259 e. The van der Waals surface area contributed by atoms with E-state index in [0.29, 0.717) is 11.3 Å². The van der Waals surface area contributed by atoms with Crippen molar-refractivity contribution >= 4 is 33.3 Å². The lowest BCUT2D eigenvalue weighted by Gasteiger charge is -2.37. The number of aromatic nitrogens is 2. The van der Waals surface area contributed by atoms with E-state index >= 15 is 0 Å². The molecule has 1 aliphatic heterocycles. The largest absolute Gasteiger partial charge is 0.309 e. The maximum absolute atomic E-state index is 12.5. The highest BCUT2D eigenvalue weighted by molar-refractivity contribution is 8.00. The molecule has 2 aromatic rings. The van der Waals surface area contributed by atoms with E-state index in [0.717, 1.165) is 47.7 Å². The molecule has 118 valence electrons. The van der Waals surface area contributed by atoms with Crippen LogP contribution in [-0.2, 0) is 19.4 Å². The number of hydrogen-bond donors (Lipinski definition) is 1. The topological polar surface area (TPSA) is 49.0 Å². The fourth-order valence-corrected chi connectivity index (χ4v) is 5.98. The maximum atomic E-state index is 12.5. The van der Waals surface area contributed by atoms with Gasteiger partial charge < -0.3 is 4.98 Å². The lowest BCUT2D eigenvalue weighted by Crippen LogP contribution is -2.44. The van der Waals surface area contributed by atoms with Crippen molar-refractivity contribution in [1.82, 2.24) is 14.9 Å². The summed E-state index contributed by atoms with van der Waals surface area (Å²) >= 11 is 3.75. The van der Waals surface area contributed by atoms with Crippen LogP contribution in [-0.4, -0.2) is 38.5 Å². The Bertz CT molecular complexity index is 767. The van der Waals surface area contributed by atoms with Crippen molar-refractivity contribution in [2.75, 3.05) is 12.3 Å². The molecule has 0 unspecified atom stereocenters. The van der Waals surface area contributed by atoms with Gasteiger partial charge >= 0.3 is 0 Å². The van der Waals surface area contributed by atoms with Gasteiger partial charge in [0, 0.05) is 28.5 Å². The van der Waals surface area contributed by atoms with E-state index < -0.39 is 0 Å². The minimum absolute atomic E-state index is 0.0616. The molecule has 0 amide bonds. The second kappa shape index (κ2) is 5.65. The molecule has 0 aromatic carbocycles. The summed E-state index contributed by atoms with van der Waals surface area (Å²) in [6.07, 6.45) is 3.33. The second-order valence-corrected chi connectivity index (χ2v) is 8.91. The zero-order valence-electron chi connectivity index (χ0n) is 13.0. The van der Waals surface area contributed by atoms with Crippen LogP contribution in [0.15, 0.2) is 4.79 Å². The molecule has 0 radical (unpaired) electrons. The molecule has 2 aromatic heterocycles. The highest BCUT2D eigenvalue weighted by Gasteiger charge is 2.26. The zero-order valence-corrected chi connectivity index (χ0v) is 14.6. The minimum atomic E-state index is 0.0616. The van der Waals surface area contributed by atoms with Crippen molar-refractivity contribution in [3.63, 3.8) is 0 Å². The van der Waals surface area contributed by atoms with E-state index in [9.17, 15) is 4.79 Å². The van der Waals surface area contributed by atoms with Gasteiger partial charge in [-0.1, -0.05) is 6.92 Å². The van der Waals surface area contributed by atoms with Gasteiger partial charge in [-0.3, -0.25) is 9.69 Å². The van der Waals surface area contributed by atoms with Crippen LogP contribution in [0, 0.1) is 0 Å². The Balaban J connectivity index is 1.67. The van der Waals surface area contributed by atoms with E-state index in [2.05, 4.69) is 23.7 Å². The van der Waals surface area contributed by atoms with Gasteiger partial charge in [0.1, 0.15) is 10.7 Å². The number of thioether (sulfide) groups is 1. The minimum Gasteiger partial charge on any atom is -0.309 e. The second-order valence-electron chi connectivity index (χ2n) is 6.34. The Kier molecular flexibility index (Phi) is 3.78. The highest BCUT2D eigenvalue weighted by atomic mass is 32.2. The SMILES string of the molecule is C[C@@H]1[C@@H](C)SCCN1Cc1nc2sc3c(c2c(=O)[nH]1)CCC3. The number of hydrogen-bond acceptors (Lipinski definition) is 5. The van der Waals surface area contributed by atoms with Gasteiger partial charge in [-0.05, 0) is 31.7 Å². The van der Waals surface area contributed by atoms with Crippen molar-refractivity contribution < 1.29 is 0 Å². The van der Waals surface area contributed by atoms with Crippen molar-refractivity contribution in [2.24, 2.45) is 0 Å². The number of nitrogens with one attached hydrogen (secondary N) is 1. The summed E-state index contributed by atoms with van der Waals surface area (Å²) in [6, 6.07) is 0.521. The lowest BCUT2D eigenvalue weighted by molar-refractivity contribution is 0.199. The molecule has 6 heteroatoms. The first-order valence-electron chi connectivity index (χ1n) is 8.02. The van der Waals surface area contributed by atoms with E-state index in [1.165, 1.54) is 16.9 Å². The Hall–Kier alpha value is -0.850. The standard InChI is InChI=1S/C16H21N3OS2/c1-9-10(2)21-7-6-19(9)8-13-17-15(20)14-11-4-3-5-12(11)22-16(14)18-13/h9-10H,3-8H2,1-2H3,(H,17,18,20)/t9-,10-/m1/s1. The molecule has 2 atom stereocenters. The number of thiophene rings is 1. The summed E-state index contributed by atoms with van der Waals surface area (Å²) in [5, 5.41) is 1.49. The predicted octanol–water partition coefficient (Wildman–Crippen LogP) is 2.80. The van der Waals surface area contributed by atoms with Crippen LogP contribution in [0.2, 0.25) is 0 Å². The molecule has 0 spiro atoms. The first kappa shape index (κ1) is 14.7. The molecule has 22 heavy (non-hydrogen) atoms. The molecule has 1 aliphatic carbocycles. The van der Waals surface area contributed by atoms with Crippen molar-refractivity contribution in [3.8, 4) is 0 Å². The van der Waals surface area contributed by atoms with Crippen molar-refractivity contribution in [2.45, 2.75) is 50.9 Å². The third-order valence-electron chi connectivity index (χ3n) is 4.99. The van der Waals surface area contributed by atoms with Gasteiger partial charge in [-0.15, -0.1) is 11.3 Å². The average molecular weight is 335 g/mol. The van der Waals surface area contributed by atoms with Gasteiger partial charge in [0.25, 0.3) is 5.56 Å². The molecule has 1 fully saturated rings. The summed E-state index contributed by atoms with van der Waals surface area (Å²) in [6.45, 7) is 6.37. The third-order valence-corrected chi connectivity index (χ3v) is 7.52. The molecule has 4 rings (SSSR count). The Morgan fingerprint density at radius 3 is 3.09 bits per heavy atom. The molecule has 0 bridgehead atoms. The van der Waals surface area contributed by atoms with Crippen LogP contribution < -0.4 is 5.56 Å². The number of H-pyrrole nitrogens is 1. The van der Waals surface area contributed by atoms with E-state index in [1.807, 2.05) is 11.8 Å². The number of nitrogens with zero attached hydrogens (tertiary/aromatic N) is 2. The predicted molar refractivity (Wildman–Crippen MR) is 94.1 cm³/mol. The summed E-state index contributed by atoms with van der Waals surface area (Å²) in [5.74, 6) is 1.98. The molecule has 1 saturated heterocycles. The van der Waals surface area contributed by atoms with Crippen LogP contribution in [0.4, 0.5) is 0 Å². The van der Waals surface area contributed by atoms with Crippen LogP contribution >= 0.6 is 23.1 Å². The van der Waals surface area contributed by atoms with E-state index in [4.69, 9.17) is 4.98 Å². The summed E-state index contributed by atoms with van der Waals surface area (Å²) in [5.41, 5.74) is 1.32. The molecular weight excluding hydrogens is 314 g/mol. The van der Waals surface area contributed by atoms with Gasteiger partial charge in [0.15, 0.2) is 0 Å². The first-order valence-corrected chi connectivity index (χ1v) is 9.89. The fourth-order valence-electron chi connectivity index (χ4n) is 3.53. The summed E-state index contributed by atoms with van der Waals surface area (Å²) in [4.78, 5) is 25.1. The number of aryl methyl sites for hydroxylation is 2. The summed E-state index contributed by atoms with van der Waals surface area (Å²) < 4.78 is 0. The molecule has 0 saturated carbocycles. The highest BCUT2D eigenvalue weighted by Crippen LogP contribution is 2.34. The van der Waals surface area contributed by atoms with Gasteiger partial charge in [0.2, 0.25) is 0 Å². The van der Waals surface area contributed by atoms with E-state index in [-0.39, 0.29) is 5.56 Å². The average Bonchev–Trinajstić information content (AvgIpc) is 3.04. The van der Waals surface area contributed by atoms with Crippen molar-refractivity contribution in [1.29, 1.82) is 0 Å². The van der Waals surface area contributed by atoms with Gasteiger partial charge in [0.05, 0.1) is 11.9 Å². The first-order chi connectivity index (χ1) is 10.6. The molecule has 2 aliphatic rings. The molecule has 3 heterocycles. The number of aromatic amines is 1. The fraction of sp³-hybridized carbons (Fsp3) is 0.625. The van der Waals surface area contributed by atoms with Gasteiger partial charge in [-0.2, -0.15) is 11.8 Å². The molecule has 1 N–H and O–H groups in total. The lowest BCUT2D eigenvalue weighted by atomic mass is 10.2. The quantitative estimate of drug-likeness (QED) is 0.917. The molecular formula is C16H21N3OS2. The monoisotopic (exact) mass is 335 g/mol. The smallest absolute Gasteiger partial charge is 0.259 e. The number of fused-ring (bicyclic) bond motifs is 3. The van der Waals surface area contributed by atoms with E-state index in [1.54, 1.807) is 11.3 Å². The zero-order chi connectivity index (χ0) is 15.3.